The summed E-state index contributed by atoms with van der Waals surface area (Å²) in [7, 11) is 0. The zero-order valence-electron chi connectivity index (χ0n) is 12.4. The number of hydrogen-bond acceptors (Lipinski definition) is 4. The highest BCUT2D eigenvalue weighted by Crippen LogP contribution is 2.38. The first-order chi connectivity index (χ1) is 10.3. The van der Waals surface area contributed by atoms with Crippen molar-refractivity contribution in [1.82, 2.24) is 19.9 Å². The van der Waals surface area contributed by atoms with Crippen molar-refractivity contribution in [2.45, 2.75) is 45.2 Å². The summed E-state index contributed by atoms with van der Waals surface area (Å²) < 4.78 is 0. The van der Waals surface area contributed by atoms with Crippen LogP contribution in [0, 0.1) is 6.92 Å². The molecule has 2 aromatic heterocycles. The van der Waals surface area contributed by atoms with Crippen molar-refractivity contribution in [2.75, 3.05) is 6.54 Å². The molecule has 21 heavy (non-hydrogen) atoms. The Kier molecular flexibility index (Phi) is 3.19. The third kappa shape index (κ3) is 2.68. The molecule has 0 aromatic carbocycles. The van der Waals surface area contributed by atoms with Gasteiger partial charge in [0.1, 0.15) is 5.82 Å². The van der Waals surface area contributed by atoms with Gasteiger partial charge in [0.15, 0.2) is 0 Å². The fourth-order valence-corrected chi connectivity index (χ4v) is 2.94. The monoisotopic (exact) mass is 280 g/mol. The Balaban J connectivity index is 1.53. The topological polar surface area (TPSA) is 41.9 Å². The summed E-state index contributed by atoms with van der Waals surface area (Å²) in [5.74, 6) is 1.69. The molecule has 2 aromatic rings. The molecular formula is C17H20N4. The van der Waals surface area contributed by atoms with Crippen LogP contribution >= 0.6 is 0 Å². The molecule has 0 amide bonds. The molecule has 0 N–H and O–H groups in total. The number of aromatic nitrogens is 3. The van der Waals surface area contributed by atoms with Crippen molar-refractivity contribution in [3.63, 3.8) is 0 Å². The summed E-state index contributed by atoms with van der Waals surface area (Å²) in [5.41, 5.74) is 5.00. The van der Waals surface area contributed by atoms with E-state index in [0.717, 1.165) is 31.9 Å². The number of pyridine rings is 1. The van der Waals surface area contributed by atoms with Gasteiger partial charge in [0.2, 0.25) is 0 Å². The molecule has 0 unspecified atom stereocenters. The Morgan fingerprint density at radius 2 is 2.19 bits per heavy atom. The van der Waals surface area contributed by atoms with Gasteiger partial charge in [0.25, 0.3) is 0 Å². The lowest BCUT2D eigenvalue weighted by Crippen LogP contribution is -2.31. The van der Waals surface area contributed by atoms with Crippen LogP contribution in [0.1, 0.15) is 47.1 Å². The van der Waals surface area contributed by atoms with Crippen LogP contribution in [0.15, 0.2) is 24.5 Å². The minimum atomic E-state index is 0.628. The number of nitrogens with zero attached hydrogens (tertiary/aromatic N) is 4. The molecule has 4 nitrogen and oxygen atoms in total. The Bertz CT molecular complexity index is 664. The highest BCUT2D eigenvalue weighted by Gasteiger charge is 2.28. The molecule has 0 spiro atoms. The maximum absolute atomic E-state index is 4.82. The first-order valence-corrected chi connectivity index (χ1v) is 7.77. The third-order valence-electron chi connectivity index (χ3n) is 4.48. The van der Waals surface area contributed by atoms with Crippen LogP contribution in [0.3, 0.4) is 0 Å². The van der Waals surface area contributed by atoms with E-state index in [0.29, 0.717) is 5.92 Å². The smallest absolute Gasteiger partial charge is 0.131 e. The van der Waals surface area contributed by atoms with Crippen LogP contribution in [0.2, 0.25) is 0 Å². The second kappa shape index (κ2) is 5.19. The Hall–Kier alpha value is -1.81. The summed E-state index contributed by atoms with van der Waals surface area (Å²) in [6, 6.07) is 4.13. The molecule has 0 atom stereocenters. The minimum absolute atomic E-state index is 0.628. The van der Waals surface area contributed by atoms with Crippen LogP contribution in [0.4, 0.5) is 0 Å². The molecule has 3 heterocycles. The maximum atomic E-state index is 4.82. The third-order valence-corrected chi connectivity index (χ3v) is 4.48. The molecule has 4 heteroatoms. The van der Waals surface area contributed by atoms with Crippen molar-refractivity contribution >= 4 is 0 Å². The fourth-order valence-electron chi connectivity index (χ4n) is 2.94. The second-order valence-electron chi connectivity index (χ2n) is 6.20. The van der Waals surface area contributed by atoms with E-state index in [2.05, 4.69) is 34.1 Å². The summed E-state index contributed by atoms with van der Waals surface area (Å²) in [4.78, 5) is 16.3. The predicted octanol–water partition coefficient (Wildman–Crippen LogP) is 2.62. The summed E-state index contributed by atoms with van der Waals surface area (Å²) in [6.07, 6.45) is 7.50. The van der Waals surface area contributed by atoms with E-state index >= 15 is 0 Å². The van der Waals surface area contributed by atoms with Gasteiger partial charge >= 0.3 is 0 Å². The first kappa shape index (κ1) is 12.9. The zero-order valence-corrected chi connectivity index (χ0v) is 12.4. The van der Waals surface area contributed by atoms with Crippen molar-refractivity contribution in [1.29, 1.82) is 0 Å². The molecule has 1 aliphatic carbocycles. The molecule has 1 aliphatic heterocycles. The average Bonchev–Trinajstić information content (AvgIpc) is 3.34. The van der Waals surface area contributed by atoms with Gasteiger partial charge in [-0.1, -0.05) is 6.07 Å². The minimum Gasteiger partial charge on any atom is -0.291 e. The van der Waals surface area contributed by atoms with Crippen LogP contribution in [-0.4, -0.2) is 26.4 Å². The number of hydrogen-bond donors (Lipinski definition) is 0. The molecule has 108 valence electrons. The van der Waals surface area contributed by atoms with E-state index in [1.54, 1.807) is 0 Å². The number of fused-ring (bicyclic) bond motifs is 1. The highest BCUT2D eigenvalue weighted by molar-refractivity contribution is 5.23. The van der Waals surface area contributed by atoms with Gasteiger partial charge in [-0.25, -0.2) is 9.97 Å². The van der Waals surface area contributed by atoms with Crippen LogP contribution in [0.25, 0.3) is 0 Å². The van der Waals surface area contributed by atoms with Gasteiger partial charge in [-0.2, -0.15) is 0 Å². The Labute approximate surface area is 125 Å². The summed E-state index contributed by atoms with van der Waals surface area (Å²) >= 11 is 0. The van der Waals surface area contributed by atoms with Crippen molar-refractivity contribution in [3.8, 4) is 0 Å². The molecule has 1 fully saturated rings. The van der Waals surface area contributed by atoms with Crippen molar-refractivity contribution in [3.05, 3.63) is 52.9 Å². The predicted molar refractivity (Wildman–Crippen MR) is 80.8 cm³/mol. The lowest BCUT2D eigenvalue weighted by molar-refractivity contribution is 0.237. The van der Waals surface area contributed by atoms with E-state index in [-0.39, 0.29) is 0 Å². The van der Waals surface area contributed by atoms with Gasteiger partial charge < -0.3 is 0 Å². The van der Waals surface area contributed by atoms with Crippen LogP contribution in [-0.2, 0) is 19.5 Å². The van der Waals surface area contributed by atoms with Crippen LogP contribution < -0.4 is 0 Å². The van der Waals surface area contributed by atoms with E-state index in [9.17, 15) is 0 Å². The second-order valence-corrected chi connectivity index (χ2v) is 6.20. The fraction of sp³-hybridized carbons (Fsp3) is 0.471. The normalized spacial score (nSPS) is 18.5. The molecule has 1 saturated carbocycles. The molecule has 4 rings (SSSR count). The van der Waals surface area contributed by atoms with Gasteiger partial charge in [-0.15, -0.1) is 0 Å². The van der Waals surface area contributed by atoms with E-state index in [1.165, 1.54) is 35.4 Å². The average molecular weight is 280 g/mol. The summed E-state index contributed by atoms with van der Waals surface area (Å²) in [5, 5.41) is 0. The van der Waals surface area contributed by atoms with Crippen molar-refractivity contribution < 1.29 is 0 Å². The maximum Gasteiger partial charge on any atom is 0.131 e. The molecule has 0 saturated heterocycles. The Morgan fingerprint density at radius 3 is 3.00 bits per heavy atom. The van der Waals surface area contributed by atoms with E-state index in [1.807, 2.05) is 12.3 Å². The van der Waals surface area contributed by atoms with Gasteiger partial charge in [-0.05, 0) is 43.4 Å². The molecular weight excluding hydrogens is 260 g/mol. The van der Waals surface area contributed by atoms with Gasteiger partial charge in [0, 0.05) is 37.9 Å². The highest BCUT2D eigenvalue weighted by atomic mass is 15.1. The van der Waals surface area contributed by atoms with E-state index < -0.39 is 0 Å². The Morgan fingerprint density at radius 1 is 1.29 bits per heavy atom. The summed E-state index contributed by atoms with van der Waals surface area (Å²) in [6.45, 7) is 5.03. The number of rotatable bonds is 3. The van der Waals surface area contributed by atoms with Gasteiger partial charge in [-0.3, -0.25) is 9.88 Å². The lowest BCUT2D eigenvalue weighted by atomic mass is 10.1. The molecule has 0 radical (unpaired) electrons. The van der Waals surface area contributed by atoms with Crippen LogP contribution in [0.5, 0.6) is 0 Å². The SMILES string of the molecule is Cc1cccnc1CN1CCc2cnc(C3CC3)nc2C1. The zero-order chi connectivity index (χ0) is 14.2. The number of aryl methyl sites for hydroxylation is 1. The van der Waals surface area contributed by atoms with Crippen molar-refractivity contribution in [2.24, 2.45) is 0 Å². The lowest BCUT2D eigenvalue weighted by Gasteiger charge is -2.28. The molecule has 2 aliphatic rings. The standard InChI is InChI=1S/C17H20N4/c1-12-3-2-7-18-15(12)10-21-8-6-14-9-19-17(13-4-5-13)20-16(14)11-21/h2-3,7,9,13H,4-6,8,10-11H2,1H3. The van der Waals surface area contributed by atoms with Gasteiger partial charge in [0.05, 0.1) is 11.4 Å². The largest absolute Gasteiger partial charge is 0.291 e. The first-order valence-electron chi connectivity index (χ1n) is 7.77. The quantitative estimate of drug-likeness (QED) is 0.866. The van der Waals surface area contributed by atoms with E-state index in [4.69, 9.17) is 4.98 Å². The molecule has 0 bridgehead atoms.